The van der Waals surface area contributed by atoms with Crippen LogP contribution in [-0.2, 0) is 11.2 Å². The molecule has 0 atom stereocenters. The van der Waals surface area contributed by atoms with E-state index in [4.69, 9.17) is 15.7 Å². The van der Waals surface area contributed by atoms with Crippen LogP contribution in [0.1, 0.15) is 10.6 Å². The number of thiazole rings is 1. The molecule has 2 heterocycles. The third kappa shape index (κ3) is 3.84. The maximum Gasteiger partial charge on any atom is 0.222 e. The Hall–Kier alpha value is -2.77. The Morgan fingerprint density at radius 1 is 1.04 bits per heavy atom. The third-order valence-electron chi connectivity index (χ3n) is 3.99. The van der Waals surface area contributed by atoms with Crippen LogP contribution in [0.5, 0.6) is 0 Å². The molecule has 0 aliphatic rings. The van der Waals surface area contributed by atoms with Crippen molar-refractivity contribution < 1.29 is 4.79 Å². The second kappa shape index (κ2) is 7.46. The number of benzene rings is 2. The largest absolute Gasteiger partial charge is 0.369 e. The Morgan fingerprint density at radius 2 is 1.78 bits per heavy atom. The molecule has 0 unspecified atom stereocenters. The molecular formula is C20H16N4OS2. The number of aryl methyl sites for hydroxylation is 1. The predicted molar refractivity (Wildman–Crippen MR) is 109 cm³/mol. The minimum Gasteiger partial charge on any atom is -0.369 e. The molecule has 4 rings (SSSR count). The third-order valence-corrected chi connectivity index (χ3v) is 6.21. The molecular weight excluding hydrogens is 376 g/mol. The van der Waals surface area contributed by atoms with Crippen LogP contribution in [0.15, 0.2) is 64.0 Å². The number of rotatable bonds is 5. The summed E-state index contributed by atoms with van der Waals surface area (Å²) < 4.78 is 0.839. The van der Waals surface area contributed by atoms with Crippen molar-refractivity contribution in [3.63, 3.8) is 0 Å². The zero-order valence-electron chi connectivity index (χ0n) is 14.5. The van der Waals surface area contributed by atoms with E-state index in [1.165, 1.54) is 23.1 Å². The summed E-state index contributed by atoms with van der Waals surface area (Å²) in [6.45, 7) is 1.90. The zero-order chi connectivity index (χ0) is 18.8. The van der Waals surface area contributed by atoms with Crippen molar-refractivity contribution in [3.8, 4) is 11.4 Å². The summed E-state index contributed by atoms with van der Waals surface area (Å²) >= 11 is 2.98. The van der Waals surface area contributed by atoms with Gasteiger partial charge in [0.1, 0.15) is 5.03 Å². The highest BCUT2D eigenvalue weighted by Crippen LogP contribution is 2.36. The van der Waals surface area contributed by atoms with Gasteiger partial charge in [-0.25, -0.2) is 15.0 Å². The van der Waals surface area contributed by atoms with E-state index in [-0.39, 0.29) is 12.3 Å². The fourth-order valence-electron chi connectivity index (χ4n) is 2.69. The minimum absolute atomic E-state index is 0.212. The smallest absolute Gasteiger partial charge is 0.222 e. The molecule has 0 aliphatic heterocycles. The van der Waals surface area contributed by atoms with Crippen molar-refractivity contribution in [2.75, 3.05) is 0 Å². The SMILES string of the molecule is Cc1nc(Sc2nc(-c3ccccc3)nc3ccccc23)sc1CC(N)=O. The Balaban J connectivity index is 1.78. The fourth-order valence-corrected chi connectivity index (χ4v) is 4.96. The molecule has 2 aromatic heterocycles. The summed E-state index contributed by atoms with van der Waals surface area (Å²) in [6, 6.07) is 17.9. The van der Waals surface area contributed by atoms with Crippen molar-refractivity contribution in [1.29, 1.82) is 0 Å². The van der Waals surface area contributed by atoms with Crippen LogP contribution >= 0.6 is 23.1 Å². The molecule has 0 aliphatic carbocycles. The van der Waals surface area contributed by atoms with Gasteiger partial charge in [-0.2, -0.15) is 0 Å². The lowest BCUT2D eigenvalue weighted by molar-refractivity contribution is -0.117. The van der Waals surface area contributed by atoms with Crippen molar-refractivity contribution in [1.82, 2.24) is 15.0 Å². The van der Waals surface area contributed by atoms with Crippen LogP contribution in [0.3, 0.4) is 0 Å². The molecule has 2 aromatic carbocycles. The Kier molecular flexibility index (Phi) is 4.87. The van der Waals surface area contributed by atoms with Crippen molar-refractivity contribution in [3.05, 3.63) is 65.2 Å². The molecule has 1 amide bonds. The first-order valence-corrected chi connectivity index (χ1v) is 9.98. The number of aromatic nitrogens is 3. The van der Waals surface area contributed by atoms with Gasteiger partial charge in [-0.15, -0.1) is 11.3 Å². The lowest BCUT2D eigenvalue weighted by Gasteiger charge is -2.07. The van der Waals surface area contributed by atoms with Crippen molar-refractivity contribution in [2.45, 2.75) is 22.7 Å². The number of primary amides is 1. The van der Waals surface area contributed by atoms with Crippen LogP contribution in [-0.4, -0.2) is 20.9 Å². The molecule has 0 saturated carbocycles. The fraction of sp³-hybridized carbons (Fsp3) is 0.100. The first-order valence-electron chi connectivity index (χ1n) is 8.35. The number of nitrogens with two attached hydrogens (primary N) is 1. The van der Waals surface area contributed by atoms with E-state index >= 15 is 0 Å². The summed E-state index contributed by atoms with van der Waals surface area (Å²) in [4.78, 5) is 26.2. The van der Waals surface area contributed by atoms with Gasteiger partial charge in [-0.1, -0.05) is 48.5 Å². The summed E-state index contributed by atoms with van der Waals surface area (Å²) in [5.74, 6) is 0.333. The number of hydrogen-bond donors (Lipinski definition) is 1. The Morgan fingerprint density at radius 3 is 2.56 bits per heavy atom. The topological polar surface area (TPSA) is 81.8 Å². The van der Waals surface area contributed by atoms with Crippen LogP contribution in [0, 0.1) is 6.92 Å². The molecule has 7 heteroatoms. The number of carbonyl (C=O) groups is 1. The first kappa shape index (κ1) is 17.6. The number of hydrogen-bond acceptors (Lipinski definition) is 6. The van der Waals surface area contributed by atoms with E-state index in [0.717, 1.165) is 36.4 Å². The zero-order valence-corrected chi connectivity index (χ0v) is 16.2. The van der Waals surface area contributed by atoms with Crippen molar-refractivity contribution in [2.24, 2.45) is 5.73 Å². The molecule has 134 valence electrons. The van der Waals surface area contributed by atoms with Gasteiger partial charge in [0.15, 0.2) is 10.2 Å². The van der Waals surface area contributed by atoms with Crippen molar-refractivity contribution >= 4 is 39.9 Å². The van der Waals surface area contributed by atoms with E-state index in [0.29, 0.717) is 5.82 Å². The lowest BCUT2D eigenvalue weighted by Crippen LogP contribution is -2.13. The van der Waals surface area contributed by atoms with Crippen LogP contribution < -0.4 is 5.73 Å². The van der Waals surface area contributed by atoms with Gasteiger partial charge in [-0.05, 0) is 24.8 Å². The van der Waals surface area contributed by atoms with Gasteiger partial charge in [0.2, 0.25) is 5.91 Å². The number of nitrogens with zero attached hydrogens (tertiary/aromatic N) is 3. The van der Waals surface area contributed by atoms with E-state index in [2.05, 4.69) is 4.98 Å². The second-order valence-electron chi connectivity index (χ2n) is 5.97. The van der Waals surface area contributed by atoms with Gasteiger partial charge < -0.3 is 5.73 Å². The summed E-state index contributed by atoms with van der Waals surface area (Å²) in [6.07, 6.45) is 0.212. The normalized spacial score (nSPS) is 11.0. The molecule has 0 bridgehead atoms. The Bertz CT molecular complexity index is 1130. The van der Waals surface area contributed by atoms with Crippen LogP contribution in [0.4, 0.5) is 0 Å². The molecule has 27 heavy (non-hydrogen) atoms. The first-order chi connectivity index (χ1) is 13.1. The maximum atomic E-state index is 11.2. The van der Waals surface area contributed by atoms with E-state index in [1.807, 2.05) is 61.5 Å². The summed E-state index contributed by atoms with van der Waals surface area (Å²) in [7, 11) is 0. The van der Waals surface area contributed by atoms with Gasteiger partial charge >= 0.3 is 0 Å². The molecule has 0 saturated heterocycles. The average molecular weight is 393 g/mol. The highest BCUT2D eigenvalue weighted by molar-refractivity contribution is 8.01. The molecule has 0 fully saturated rings. The van der Waals surface area contributed by atoms with Crippen LogP contribution in [0.25, 0.3) is 22.3 Å². The number of carbonyl (C=O) groups excluding carboxylic acids is 1. The highest BCUT2D eigenvalue weighted by atomic mass is 32.2. The van der Waals surface area contributed by atoms with Crippen LogP contribution in [0.2, 0.25) is 0 Å². The molecule has 0 spiro atoms. The maximum absolute atomic E-state index is 11.2. The molecule has 0 radical (unpaired) electrons. The Labute approximate surface area is 164 Å². The van der Waals surface area contributed by atoms with E-state index in [9.17, 15) is 4.79 Å². The standard InChI is InChI=1S/C20H16N4OS2/c1-12-16(11-17(21)25)26-20(22-12)27-19-14-9-5-6-10-15(14)23-18(24-19)13-7-3-2-4-8-13/h2-10H,11H2,1H3,(H2,21,25). The lowest BCUT2D eigenvalue weighted by atomic mass is 10.2. The number of para-hydroxylation sites is 1. The molecule has 4 aromatic rings. The van der Waals surface area contributed by atoms with Gasteiger partial charge in [0, 0.05) is 15.8 Å². The number of amides is 1. The summed E-state index contributed by atoms with van der Waals surface area (Å²) in [5, 5.41) is 1.82. The minimum atomic E-state index is -0.350. The monoisotopic (exact) mass is 392 g/mol. The average Bonchev–Trinajstić information content (AvgIpc) is 3.00. The van der Waals surface area contributed by atoms with E-state index in [1.54, 1.807) is 0 Å². The summed E-state index contributed by atoms with van der Waals surface area (Å²) in [5.41, 5.74) is 8.02. The number of fused-ring (bicyclic) bond motifs is 1. The predicted octanol–water partition coefficient (Wildman–Crippen LogP) is 4.24. The van der Waals surface area contributed by atoms with Gasteiger partial charge in [-0.3, -0.25) is 4.79 Å². The van der Waals surface area contributed by atoms with E-state index < -0.39 is 0 Å². The highest BCUT2D eigenvalue weighted by Gasteiger charge is 2.15. The van der Waals surface area contributed by atoms with Gasteiger partial charge in [0.05, 0.1) is 17.6 Å². The molecule has 2 N–H and O–H groups in total. The second-order valence-corrected chi connectivity index (χ2v) is 8.29. The van der Waals surface area contributed by atoms with Gasteiger partial charge in [0.25, 0.3) is 0 Å². The quantitative estimate of drug-likeness (QED) is 0.514. The molecule has 5 nitrogen and oxygen atoms in total.